The molecule has 6 nitrogen and oxygen atoms in total. The number of aliphatic hydroxyl groups excluding tert-OH is 1. The first-order chi connectivity index (χ1) is 16.0. The molecule has 0 spiro atoms. The summed E-state index contributed by atoms with van der Waals surface area (Å²) in [5.41, 5.74) is 2.32. The van der Waals surface area contributed by atoms with Crippen molar-refractivity contribution in [2.45, 2.75) is 26.2 Å². The van der Waals surface area contributed by atoms with Crippen molar-refractivity contribution in [1.82, 2.24) is 9.80 Å². The number of imide groups is 1. The molecule has 0 aliphatic carbocycles. The van der Waals surface area contributed by atoms with Gasteiger partial charge in [0.05, 0.1) is 12.2 Å². The van der Waals surface area contributed by atoms with E-state index in [9.17, 15) is 19.1 Å². The third-order valence-electron chi connectivity index (χ3n) is 6.23. The minimum atomic E-state index is -0.326. The molecule has 0 saturated carbocycles. The molecule has 1 unspecified atom stereocenters. The van der Waals surface area contributed by atoms with Crippen LogP contribution in [0.25, 0.3) is 5.57 Å². The van der Waals surface area contributed by atoms with Gasteiger partial charge in [0.1, 0.15) is 17.3 Å². The van der Waals surface area contributed by atoms with Crippen LogP contribution in [-0.2, 0) is 16.0 Å². The predicted octanol–water partition coefficient (Wildman–Crippen LogP) is 3.25. The number of carbonyl (C=O) groups excluding carboxylic acids is 2. The minimum Gasteiger partial charge on any atom is -0.494 e. The second-order valence-corrected chi connectivity index (χ2v) is 8.46. The second kappa shape index (κ2) is 10.2. The molecule has 1 N–H and O–H groups in total. The number of ether oxygens (including phenoxy) is 1. The Balaban J connectivity index is 1.64. The SMILES string of the molecule is CCOc1ccc(C2=C(N3CCCC(CO)C3)C(=O)N(CCc3ccc(F)cc3)C2=O)cc1. The largest absolute Gasteiger partial charge is 0.494 e. The van der Waals surface area contributed by atoms with Crippen LogP contribution in [0.1, 0.15) is 30.9 Å². The Morgan fingerprint density at radius 3 is 2.45 bits per heavy atom. The molecule has 2 aromatic carbocycles. The van der Waals surface area contributed by atoms with E-state index in [1.807, 2.05) is 24.0 Å². The molecule has 0 bridgehead atoms. The van der Waals surface area contributed by atoms with E-state index in [0.717, 1.165) is 18.4 Å². The monoisotopic (exact) mass is 452 g/mol. The molecule has 2 aliphatic heterocycles. The molecule has 0 radical (unpaired) electrons. The number of carbonyl (C=O) groups is 2. The highest BCUT2D eigenvalue weighted by Gasteiger charge is 2.42. The van der Waals surface area contributed by atoms with E-state index >= 15 is 0 Å². The van der Waals surface area contributed by atoms with Crippen LogP contribution < -0.4 is 4.74 Å². The number of amides is 2. The quantitative estimate of drug-likeness (QED) is 0.623. The maximum Gasteiger partial charge on any atom is 0.277 e. The van der Waals surface area contributed by atoms with Gasteiger partial charge in [0, 0.05) is 26.2 Å². The summed E-state index contributed by atoms with van der Waals surface area (Å²) in [5.74, 6) is -0.190. The minimum absolute atomic E-state index is 0.0542. The summed E-state index contributed by atoms with van der Waals surface area (Å²) in [7, 11) is 0. The summed E-state index contributed by atoms with van der Waals surface area (Å²) in [6.45, 7) is 3.91. The molecule has 2 aliphatic rings. The summed E-state index contributed by atoms with van der Waals surface area (Å²) in [6.07, 6.45) is 2.19. The van der Waals surface area contributed by atoms with E-state index in [0.29, 0.717) is 48.7 Å². The first-order valence-corrected chi connectivity index (χ1v) is 11.5. The molecular formula is C26H29FN2O4. The van der Waals surface area contributed by atoms with E-state index in [-0.39, 0.29) is 36.7 Å². The number of hydrogen-bond donors (Lipinski definition) is 1. The number of aliphatic hydroxyl groups is 1. The highest BCUT2D eigenvalue weighted by Crippen LogP contribution is 2.34. The highest BCUT2D eigenvalue weighted by molar-refractivity contribution is 6.35. The Morgan fingerprint density at radius 1 is 1.06 bits per heavy atom. The van der Waals surface area contributed by atoms with Gasteiger partial charge in [-0.05, 0) is 67.5 Å². The van der Waals surface area contributed by atoms with Crippen molar-refractivity contribution >= 4 is 17.4 Å². The van der Waals surface area contributed by atoms with Crippen molar-refractivity contribution in [3.05, 3.63) is 71.2 Å². The van der Waals surface area contributed by atoms with Crippen LogP contribution in [0.3, 0.4) is 0 Å². The average Bonchev–Trinajstić information content (AvgIpc) is 3.09. The lowest BCUT2D eigenvalue weighted by atomic mass is 9.97. The van der Waals surface area contributed by atoms with Crippen LogP contribution in [0, 0.1) is 11.7 Å². The highest BCUT2D eigenvalue weighted by atomic mass is 19.1. The molecule has 2 heterocycles. The summed E-state index contributed by atoms with van der Waals surface area (Å²) in [6, 6.07) is 13.3. The van der Waals surface area contributed by atoms with Crippen LogP contribution in [0.15, 0.2) is 54.2 Å². The summed E-state index contributed by atoms with van der Waals surface area (Å²) < 4.78 is 18.7. The van der Waals surface area contributed by atoms with Gasteiger partial charge in [-0.15, -0.1) is 0 Å². The molecule has 1 fully saturated rings. The maximum absolute atomic E-state index is 13.5. The van der Waals surface area contributed by atoms with Crippen LogP contribution in [0.4, 0.5) is 4.39 Å². The zero-order chi connectivity index (χ0) is 23.4. The molecule has 4 rings (SSSR count). The summed E-state index contributed by atoms with van der Waals surface area (Å²) in [5, 5.41) is 9.67. The molecule has 33 heavy (non-hydrogen) atoms. The Hall–Kier alpha value is -3.19. The van der Waals surface area contributed by atoms with Crippen molar-refractivity contribution in [3.63, 3.8) is 0 Å². The van der Waals surface area contributed by atoms with Gasteiger partial charge < -0.3 is 14.7 Å². The number of halogens is 1. The number of likely N-dealkylation sites (tertiary alicyclic amines) is 1. The first kappa shape index (κ1) is 23.0. The van der Waals surface area contributed by atoms with Crippen LogP contribution in [0.5, 0.6) is 5.75 Å². The molecular weight excluding hydrogens is 423 g/mol. The van der Waals surface area contributed by atoms with E-state index in [4.69, 9.17) is 4.74 Å². The zero-order valence-electron chi connectivity index (χ0n) is 18.8. The Kier molecular flexibility index (Phi) is 7.08. The van der Waals surface area contributed by atoms with E-state index in [1.54, 1.807) is 24.3 Å². The predicted molar refractivity (Wildman–Crippen MR) is 123 cm³/mol. The number of piperidine rings is 1. The van der Waals surface area contributed by atoms with E-state index in [1.165, 1.54) is 17.0 Å². The Labute approximate surface area is 193 Å². The topological polar surface area (TPSA) is 70.1 Å². The fraction of sp³-hybridized carbons (Fsp3) is 0.385. The lowest BCUT2D eigenvalue weighted by Crippen LogP contribution is -2.41. The zero-order valence-corrected chi connectivity index (χ0v) is 18.8. The summed E-state index contributed by atoms with van der Waals surface area (Å²) in [4.78, 5) is 30.2. The van der Waals surface area contributed by atoms with Crippen molar-refractivity contribution in [2.24, 2.45) is 5.92 Å². The average molecular weight is 453 g/mol. The van der Waals surface area contributed by atoms with E-state index < -0.39 is 0 Å². The summed E-state index contributed by atoms with van der Waals surface area (Å²) >= 11 is 0. The Morgan fingerprint density at radius 2 is 1.79 bits per heavy atom. The third-order valence-corrected chi connectivity index (χ3v) is 6.23. The van der Waals surface area contributed by atoms with Gasteiger partial charge in [-0.3, -0.25) is 14.5 Å². The van der Waals surface area contributed by atoms with Crippen molar-refractivity contribution in [3.8, 4) is 5.75 Å². The van der Waals surface area contributed by atoms with Gasteiger partial charge in [0.15, 0.2) is 0 Å². The van der Waals surface area contributed by atoms with Crippen molar-refractivity contribution in [1.29, 1.82) is 0 Å². The fourth-order valence-corrected chi connectivity index (χ4v) is 4.51. The number of nitrogens with zero attached hydrogens (tertiary/aromatic N) is 2. The number of hydrogen-bond acceptors (Lipinski definition) is 5. The number of rotatable bonds is 8. The van der Waals surface area contributed by atoms with Gasteiger partial charge in [-0.2, -0.15) is 0 Å². The van der Waals surface area contributed by atoms with Crippen molar-refractivity contribution < 1.29 is 23.8 Å². The third kappa shape index (κ3) is 4.93. The lowest BCUT2D eigenvalue weighted by molar-refractivity contribution is -0.137. The number of benzene rings is 2. The van der Waals surface area contributed by atoms with Gasteiger partial charge in [-0.25, -0.2) is 4.39 Å². The second-order valence-electron chi connectivity index (χ2n) is 8.46. The fourth-order valence-electron chi connectivity index (χ4n) is 4.51. The van der Waals surface area contributed by atoms with Crippen molar-refractivity contribution in [2.75, 3.05) is 32.8 Å². The van der Waals surface area contributed by atoms with Crippen LogP contribution in [0.2, 0.25) is 0 Å². The van der Waals surface area contributed by atoms with Gasteiger partial charge >= 0.3 is 0 Å². The van der Waals surface area contributed by atoms with Gasteiger partial charge in [0.25, 0.3) is 11.8 Å². The van der Waals surface area contributed by atoms with Gasteiger partial charge in [-0.1, -0.05) is 24.3 Å². The molecule has 2 aromatic rings. The molecule has 1 atom stereocenters. The Bertz CT molecular complexity index is 1030. The molecule has 7 heteroatoms. The molecule has 1 saturated heterocycles. The smallest absolute Gasteiger partial charge is 0.277 e. The standard InChI is InChI=1S/C26H29FN2O4/c1-2-33-22-11-7-20(8-12-22)23-24(28-14-3-4-19(16-28)17-30)26(32)29(25(23)31)15-13-18-5-9-21(27)10-6-18/h5-12,19,30H,2-4,13-17H2,1H3. The van der Waals surface area contributed by atoms with E-state index in [2.05, 4.69) is 0 Å². The first-order valence-electron chi connectivity index (χ1n) is 11.5. The van der Waals surface area contributed by atoms with Gasteiger partial charge in [0.2, 0.25) is 0 Å². The molecule has 0 aromatic heterocycles. The van der Waals surface area contributed by atoms with Crippen LogP contribution in [-0.4, -0.2) is 59.6 Å². The maximum atomic E-state index is 13.5. The normalized spacial score (nSPS) is 18.9. The molecule has 2 amide bonds. The lowest BCUT2D eigenvalue weighted by Gasteiger charge is -2.34. The van der Waals surface area contributed by atoms with Crippen LogP contribution >= 0.6 is 0 Å². The molecule has 174 valence electrons.